The SMILES string of the molecule is COc1cc(C)c(S(=O)(=O)NC(N)=NCCC[C@H](NC(=O)[C@H](CO)NC(=O)OC(C)(C)C)C(O)c2nccs2)c(C)c1C. The van der Waals surface area contributed by atoms with Crippen LogP contribution in [-0.4, -0.2) is 79.5 Å². The van der Waals surface area contributed by atoms with Gasteiger partial charge in [0.2, 0.25) is 11.9 Å². The van der Waals surface area contributed by atoms with E-state index >= 15 is 0 Å². The van der Waals surface area contributed by atoms with E-state index in [4.69, 9.17) is 15.2 Å². The minimum atomic E-state index is -4.05. The zero-order valence-corrected chi connectivity index (χ0v) is 27.1. The van der Waals surface area contributed by atoms with E-state index in [1.165, 1.54) is 24.6 Å². The number of amides is 2. The van der Waals surface area contributed by atoms with Crippen LogP contribution in [-0.2, 0) is 19.6 Å². The number of nitrogens with two attached hydrogens (primary N) is 1. The van der Waals surface area contributed by atoms with E-state index in [0.29, 0.717) is 27.4 Å². The number of hydrogen-bond acceptors (Lipinski definition) is 11. The number of guanidine groups is 1. The Hall–Kier alpha value is -3.47. The molecule has 1 unspecified atom stereocenters. The summed E-state index contributed by atoms with van der Waals surface area (Å²) < 4.78 is 39.0. The van der Waals surface area contributed by atoms with Crippen molar-refractivity contribution in [2.75, 3.05) is 20.3 Å². The topological polar surface area (TPSA) is 215 Å². The van der Waals surface area contributed by atoms with E-state index < -0.39 is 52.4 Å². The molecule has 2 rings (SSSR count). The largest absolute Gasteiger partial charge is 0.496 e. The number of nitrogens with one attached hydrogen (secondary N) is 3. The van der Waals surface area contributed by atoms with E-state index in [0.717, 1.165) is 0 Å². The first-order chi connectivity index (χ1) is 20.0. The van der Waals surface area contributed by atoms with Crippen LogP contribution in [0.25, 0.3) is 0 Å². The summed E-state index contributed by atoms with van der Waals surface area (Å²) in [6.07, 6.45) is -0.127. The van der Waals surface area contributed by atoms with Gasteiger partial charge in [-0.3, -0.25) is 9.79 Å². The number of alkyl carbamates (subject to hydrolysis) is 1. The molecule has 1 heterocycles. The van der Waals surface area contributed by atoms with Gasteiger partial charge in [-0.15, -0.1) is 11.3 Å². The Morgan fingerprint density at radius 2 is 1.86 bits per heavy atom. The summed E-state index contributed by atoms with van der Waals surface area (Å²) in [7, 11) is -2.54. The Bertz CT molecular complexity index is 1390. The molecule has 2 aromatic rings. The maximum absolute atomic E-state index is 13.1. The Morgan fingerprint density at radius 1 is 1.19 bits per heavy atom. The highest BCUT2D eigenvalue weighted by Gasteiger charge is 2.30. The van der Waals surface area contributed by atoms with Crippen LogP contribution in [0.4, 0.5) is 4.79 Å². The van der Waals surface area contributed by atoms with Crippen LogP contribution in [0.5, 0.6) is 5.75 Å². The molecule has 0 bridgehead atoms. The molecule has 7 N–H and O–H groups in total. The summed E-state index contributed by atoms with van der Waals surface area (Å²) in [6, 6.07) is -0.581. The molecule has 1 aromatic heterocycles. The second-order valence-corrected chi connectivity index (χ2v) is 13.3. The molecule has 3 atom stereocenters. The Labute approximate surface area is 256 Å². The van der Waals surface area contributed by atoms with Crippen molar-refractivity contribution in [2.24, 2.45) is 10.7 Å². The number of nitrogens with zero attached hydrogens (tertiary/aromatic N) is 2. The van der Waals surface area contributed by atoms with Crippen LogP contribution in [0.3, 0.4) is 0 Å². The molecule has 0 aliphatic carbocycles. The van der Waals surface area contributed by atoms with Crippen molar-refractivity contribution in [2.45, 2.75) is 83.1 Å². The average molecular weight is 643 g/mol. The molecule has 1 aromatic carbocycles. The number of carbonyl (C=O) groups is 2. The zero-order valence-electron chi connectivity index (χ0n) is 25.4. The number of aromatic nitrogens is 1. The maximum atomic E-state index is 13.1. The number of aliphatic hydroxyl groups excluding tert-OH is 2. The molecule has 16 heteroatoms. The van der Waals surface area contributed by atoms with Gasteiger partial charge < -0.3 is 36.1 Å². The van der Waals surface area contributed by atoms with Crippen LogP contribution < -0.4 is 25.8 Å². The Kier molecular flexibility index (Phi) is 12.7. The van der Waals surface area contributed by atoms with E-state index in [-0.39, 0.29) is 30.2 Å². The Morgan fingerprint density at radius 3 is 2.42 bits per heavy atom. The number of carbonyl (C=O) groups excluding carboxylic acids is 2. The smallest absolute Gasteiger partial charge is 0.408 e. The molecule has 14 nitrogen and oxygen atoms in total. The molecule has 0 spiro atoms. The summed E-state index contributed by atoms with van der Waals surface area (Å²) in [6.45, 7) is 9.41. The predicted octanol–water partition coefficient (Wildman–Crippen LogP) is 1.55. The van der Waals surface area contributed by atoms with Gasteiger partial charge >= 0.3 is 6.09 Å². The number of hydrogen-bond donors (Lipinski definition) is 6. The van der Waals surface area contributed by atoms with Crippen molar-refractivity contribution < 1.29 is 37.7 Å². The highest BCUT2D eigenvalue weighted by molar-refractivity contribution is 7.90. The van der Waals surface area contributed by atoms with Crippen molar-refractivity contribution in [3.8, 4) is 5.75 Å². The molecule has 0 fully saturated rings. The molecular weight excluding hydrogens is 600 g/mol. The van der Waals surface area contributed by atoms with Crippen LogP contribution in [0.15, 0.2) is 27.5 Å². The standard InChI is InChI=1S/C27H42N6O8S2/c1-15-13-20(40-7)16(2)17(3)22(15)43(38,39)33-25(28)30-10-8-9-18(21(35)24-29-11-12-42-24)31-23(36)19(14-34)32-26(37)41-27(4,5)6/h11-13,18-19,21,34-35H,8-10,14H2,1-7H3,(H,31,36)(H,32,37)(H3,28,30,33)/t18-,19-,21?/m0/s1. The van der Waals surface area contributed by atoms with Crippen LogP contribution in [0.2, 0.25) is 0 Å². The molecule has 240 valence electrons. The fourth-order valence-corrected chi connectivity index (χ4v) is 6.33. The number of benzene rings is 1. The van der Waals surface area contributed by atoms with E-state index in [2.05, 4.69) is 25.3 Å². The molecular formula is C27H42N6O8S2. The number of aryl methyl sites for hydroxylation is 1. The lowest BCUT2D eigenvalue weighted by molar-refractivity contribution is -0.125. The summed E-state index contributed by atoms with van der Waals surface area (Å²) >= 11 is 1.19. The van der Waals surface area contributed by atoms with E-state index in [1.54, 1.807) is 53.0 Å². The maximum Gasteiger partial charge on any atom is 0.408 e. The number of aliphatic hydroxyl groups is 2. The number of ether oxygens (including phenoxy) is 2. The van der Waals surface area contributed by atoms with Crippen molar-refractivity contribution >= 4 is 39.3 Å². The number of methoxy groups -OCH3 is 1. The average Bonchev–Trinajstić information content (AvgIpc) is 3.44. The van der Waals surface area contributed by atoms with Crippen molar-refractivity contribution in [1.29, 1.82) is 0 Å². The lowest BCUT2D eigenvalue weighted by atomic mass is 10.0. The molecule has 0 saturated carbocycles. The highest BCUT2D eigenvalue weighted by Crippen LogP contribution is 2.30. The first kappa shape index (κ1) is 35.7. The van der Waals surface area contributed by atoms with Gasteiger partial charge in [0.15, 0.2) is 0 Å². The second kappa shape index (κ2) is 15.3. The van der Waals surface area contributed by atoms with Gasteiger partial charge in [-0.1, -0.05) is 0 Å². The first-order valence-electron chi connectivity index (χ1n) is 13.5. The Balaban J connectivity index is 2.10. The van der Waals surface area contributed by atoms with Gasteiger partial charge in [-0.25, -0.2) is 22.9 Å². The lowest BCUT2D eigenvalue weighted by Gasteiger charge is -2.26. The normalized spacial score (nSPS) is 14.4. The lowest BCUT2D eigenvalue weighted by Crippen LogP contribution is -2.53. The summed E-state index contributed by atoms with van der Waals surface area (Å²) in [4.78, 5) is 33.3. The van der Waals surface area contributed by atoms with Crippen molar-refractivity contribution in [1.82, 2.24) is 20.3 Å². The number of sulfonamides is 1. The number of aliphatic imine (C=N–C) groups is 1. The zero-order chi connectivity index (χ0) is 32.5. The summed E-state index contributed by atoms with van der Waals surface area (Å²) in [5, 5.41) is 27.6. The molecule has 0 aliphatic rings. The number of thiazole rings is 1. The summed E-state index contributed by atoms with van der Waals surface area (Å²) in [5.41, 5.74) is 6.78. The number of rotatable bonds is 13. The molecule has 0 aliphatic heterocycles. The van der Waals surface area contributed by atoms with Gasteiger partial charge in [-0.05, 0) is 77.1 Å². The van der Waals surface area contributed by atoms with E-state index in [9.17, 15) is 28.2 Å². The van der Waals surface area contributed by atoms with Crippen molar-refractivity contribution in [3.05, 3.63) is 39.3 Å². The fraction of sp³-hybridized carbons (Fsp3) is 0.556. The minimum absolute atomic E-state index is 0.0600. The highest BCUT2D eigenvalue weighted by atomic mass is 32.2. The second-order valence-electron chi connectivity index (χ2n) is 10.8. The van der Waals surface area contributed by atoms with Crippen molar-refractivity contribution in [3.63, 3.8) is 0 Å². The molecule has 2 amide bonds. The first-order valence-corrected chi connectivity index (χ1v) is 15.8. The minimum Gasteiger partial charge on any atom is -0.496 e. The molecule has 0 radical (unpaired) electrons. The van der Waals surface area contributed by atoms with Gasteiger partial charge in [-0.2, -0.15) is 0 Å². The third-order valence-corrected chi connectivity index (χ3v) is 8.75. The quantitative estimate of drug-likeness (QED) is 0.105. The monoisotopic (exact) mass is 642 g/mol. The molecule has 0 saturated heterocycles. The molecule has 43 heavy (non-hydrogen) atoms. The van der Waals surface area contributed by atoms with Gasteiger partial charge in [0, 0.05) is 18.1 Å². The van der Waals surface area contributed by atoms with Crippen LogP contribution in [0.1, 0.15) is 61.4 Å². The van der Waals surface area contributed by atoms with Gasteiger partial charge in [0.05, 0.1) is 24.7 Å². The van der Waals surface area contributed by atoms with Crippen LogP contribution in [0, 0.1) is 20.8 Å². The summed E-state index contributed by atoms with van der Waals surface area (Å²) in [5.74, 6) is -0.497. The van der Waals surface area contributed by atoms with Gasteiger partial charge in [0.1, 0.15) is 28.5 Å². The van der Waals surface area contributed by atoms with Crippen LogP contribution >= 0.6 is 11.3 Å². The third kappa shape index (κ3) is 10.3. The fourth-order valence-electron chi connectivity index (χ4n) is 4.17. The van der Waals surface area contributed by atoms with E-state index in [1.807, 2.05) is 0 Å². The van der Waals surface area contributed by atoms with Gasteiger partial charge in [0.25, 0.3) is 10.0 Å². The predicted molar refractivity (Wildman–Crippen MR) is 162 cm³/mol. The third-order valence-electron chi connectivity index (χ3n) is 6.26.